The van der Waals surface area contributed by atoms with Gasteiger partial charge in [0.1, 0.15) is 0 Å². The molecule has 2 aromatic heterocycles. The molecule has 21 rings (SSSR count). The highest BCUT2D eigenvalue weighted by molar-refractivity contribution is 6.23. The van der Waals surface area contributed by atoms with Crippen molar-refractivity contribution >= 4 is 65.2 Å². The van der Waals surface area contributed by atoms with Gasteiger partial charge in [0.15, 0.2) is 0 Å². The average Bonchev–Trinajstić information content (AvgIpc) is 4.18. The monoisotopic (exact) mass is 1010 g/mol. The molecule has 15 aromatic rings. The van der Waals surface area contributed by atoms with Gasteiger partial charge >= 0.3 is 0 Å². The molecule has 0 atom stereocenters. The van der Waals surface area contributed by atoms with E-state index in [0.717, 1.165) is 11.4 Å². The van der Waals surface area contributed by atoms with Crippen molar-refractivity contribution in [2.24, 2.45) is 0 Å². The molecule has 0 radical (unpaired) electrons. The average molecular weight is 1010 g/mol. The van der Waals surface area contributed by atoms with Crippen LogP contribution in [0.2, 0.25) is 0 Å². The lowest BCUT2D eigenvalue weighted by molar-refractivity contribution is 0.756. The molecule has 80 heavy (non-hydrogen) atoms. The van der Waals surface area contributed by atoms with E-state index in [1.54, 1.807) is 0 Å². The van der Waals surface area contributed by atoms with Gasteiger partial charge in [-0.1, -0.05) is 218 Å². The smallest absolute Gasteiger partial charge is 0.0541 e. The van der Waals surface area contributed by atoms with Crippen molar-refractivity contribution in [3.63, 3.8) is 0 Å². The molecule has 4 bridgehead atoms. The van der Waals surface area contributed by atoms with Crippen LogP contribution in [0.15, 0.2) is 267 Å². The molecule has 0 N–H and O–H groups in total. The molecular weight excluding hydrogens is 965 g/mol. The highest BCUT2D eigenvalue weighted by atomic mass is 15.0. The SMILES string of the molecule is c1ccc2c(c1)C1c3ccccc3C2c2c(-c3c4ccc(-n5c6ccccc6c6ccccc65)cc4c(-c4cccc5c4C4c6ccccc6C5c5ccccc54)c4ccc(-n5c6ccccc6c6ccccc65)cc34)cccc21. The zero-order valence-electron chi connectivity index (χ0n) is 43.6. The van der Waals surface area contributed by atoms with Gasteiger partial charge in [-0.15, -0.1) is 0 Å². The minimum Gasteiger partial charge on any atom is -0.309 e. The zero-order chi connectivity index (χ0) is 51.9. The molecule has 6 aliphatic rings. The Labute approximate surface area is 462 Å². The van der Waals surface area contributed by atoms with Gasteiger partial charge in [0.25, 0.3) is 0 Å². The summed E-state index contributed by atoms with van der Waals surface area (Å²) in [6.07, 6.45) is 0. The van der Waals surface area contributed by atoms with Crippen molar-refractivity contribution < 1.29 is 0 Å². The van der Waals surface area contributed by atoms with Crippen molar-refractivity contribution in [1.29, 1.82) is 0 Å². The van der Waals surface area contributed by atoms with Gasteiger partial charge < -0.3 is 9.13 Å². The molecular formula is C78H48N2. The minimum absolute atomic E-state index is 0.0811. The fraction of sp³-hybridized carbons (Fsp3) is 0.0513. The fourth-order valence-corrected chi connectivity index (χ4v) is 16.3. The molecule has 2 heteroatoms. The van der Waals surface area contributed by atoms with Gasteiger partial charge in [-0.3, -0.25) is 0 Å². The second-order valence-electron chi connectivity index (χ2n) is 22.8. The van der Waals surface area contributed by atoms with Gasteiger partial charge in [-0.2, -0.15) is 0 Å². The molecule has 370 valence electrons. The normalized spacial score (nSPS) is 17.0. The number of hydrogen-bond donors (Lipinski definition) is 0. The second-order valence-corrected chi connectivity index (χ2v) is 22.8. The van der Waals surface area contributed by atoms with Crippen LogP contribution in [-0.2, 0) is 0 Å². The molecule has 13 aromatic carbocycles. The molecule has 0 spiro atoms. The molecule has 0 aliphatic heterocycles. The lowest BCUT2D eigenvalue weighted by atomic mass is 9.59. The van der Waals surface area contributed by atoms with E-state index in [4.69, 9.17) is 0 Å². The fourth-order valence-electron chi connectivity index (χ4n) is 16.3. The molecule has 6 aliphatic carbocycles. The van der Waals surface area contributed by atoms with E-state index in [2.05, 4.69) is 276 Å². The lowest BCUT2D eigenvalue weighted by Crippen LogP contribution is -2.28. The Morgan fingerprint density at radius 2 is 0.475 bits per heavy atom. The lowest BCUT2D eigenvalue weighted by Gasteiger charge is -2.43. The summed E-state index contributed by atoms with van der Waals surface area (Å²) in [4.78, 5) is 0. The Kier molecular flexibility index (Phi) is 8.50. The van der Waals surface area contributed by atoms with Crippen LogP contribution in [0.4, 0.5) is 0 Å². The van der Waals surface area contributed by atoms with Gasteiger partial charge in [-0.25, -0.2) is 0 Å². The quantitative estimate of drug-likeness (QED) is 0.156. The zero-order valence-corrected chi connectivity index (χ0v) is 43.6. The first-order chi connectivity index (χ1) is 39.8. The van der Waals surface area contributed by atoms with Crippen LogP contribution in [0.3, 0.4) is 0 Å². The minimum atomic E-state index is 0.0811. The first-order valence-electron chi connectivity index (χ1n) is 28.4. The Hall–Kier alpha value is -10.0. The number of aromatic nitrogens is 2. The first kappa shape index (κ1) is 43.0. The molecule has 2 heterocycles. The largest absolute Gasteiger partial charge is 0.309 e. The Balaban J connectivity index is 0.990. The van der Waals surface area contributed by atoms with E-state index in [0.29, 0.717) is 0 Å². The highest BCUT2D eigenvalue weighted by Crippen LogP contribution is 2.62. The third-order valence-electron chi connectivity index (χ3n) is 19.3. The first-order valence-corrected chi connectivity index (χ1v) is 28.4. The van der Waals surface area contributed by atoms with Gasteiger partial charge in [0, 0.05) is 56.6 Å². The van der Waals surface area contributed by atoms with Crippen LogP contribution in [-0.4, -0.2) is 9.13 Å². The van der Waals surface area contributed by atoms with E-state index in [9.17, 15) is 0 Å². The molecule has 0 amide bonds. The number of para-hydroxylation sites is 4. The Morgan fingerprint density at radius 3 is 0.800 bits per heavy atom. The van der Waals surface area contributed by atoms with Crippen molar-refractivity contribution in [1.82, 2.24) is 9.13 Å². The molecule has 0 unspecified atom stereocenters. The number of nitrogens with zero attached hydrogens (tertiary/aromatic N) is 2. The van der Waals surface area contributed by atoms with Crippen LogP contribution >= 0.6 is 0 Å². The van der Waals surface area contributed by atoms with Crippen LogP contribution < -0.4 is 0 Å². The summed E-state index contributed by atoms with van der Waals surface area (Å²) in [6, 6.07) is 102. The number of rotatable bonds is 4. The van der Waals surface area contributed by atoms with E-state index < -0.39 is 0 Å². The highest BCUT2D eigenvalue weighted by Gasteiger charge is 2.45. The van der Waals surface area contributed by atoms with Gasteiger partial charge in [0.2, 0.25) is 0 Å². The number of benzene rings is 13. The van der Waals surface area contributed by atoms with Crippen molar-refractivity contribution in [2.45, 2.75) is 23.7 Å². The predicted octanol–water partition coefficient (Wildman–Crippen LogP) is 19.5. The Bertz CT molecular complexity index is 4710. The van der Waals surface area contributed by atoms with E-state index >= 15 is 0 Å². The maximum atomic E-state index is 2.56. The van der Waals surface area contributed by atoms with Crippen molar-refractivity contribution in [2.75, 3.05) is 0 Å². The van der Waals surface area contributed by atoms with E-state index in [-0.39, 0.29) is 23.7 Å². The summed E-state index contributed by atoms with van der Waals surface area (Å²) < 4.78 is 5.02. The molecule has 0 fully saturated rings. The third kappa shape index (κ3) is 5.48. The van der Waals surface area contributed by atoms with Gasteiger partial charge in [0.05, 0.1) is 22.1 Å². The maximum absolute atomic E-state index is 2.56. The van der Waals surface area contributed by atoms with Crippen LogP contribution in [0.1, 0.15) is 90.4 Å². The van der Waals surface area contributed by atoms with Gasteiger partial charge in [-0.05, 0) is 159 Å². The second kappa shape index (κ2) is 15.8. The summed E-state index contributed by atoms with van der Waals surface area (Å²) in [5, 5.41) is 10.1. The third-order valence-corrected chi connectivity index (χ3v) is 19.3. The summed E-state index contributed by atoms with van der Waals surface area (Å²) >= 11 is 0. The number of fused-ring (bicyclic) bond motifs is 8. The van der Waals surface area contributed by atoms with E-state index in [1.165, 1.54) is 154 Å². The molecule has 2 nitrogen and oxygen atoms in total. The molecule has 0 saturated heterocycles. The van der Waals surface area contributed by atoms with Crippen molar-refractivity contribution in [3.05, 3.63) is 334 Å². The summed E-state index contributed by atoms with van der Waals surface area (Å²) in [5.41, 5.74) is 29.5. The standard InChI is InChI=1S/C78H48N2/c1-5-27-55-51(23-1)71-52-24-2-6-28-56(52)75(55)77-61(71)31-17-33-63(77)73-59-41-39-46(80-69-37-15-11-21-49(69)50-22-12-16-38-70(50)80)44-66(59)74(60-42-40-45(43-65(60)73)79-67-35-13-9-19-47(67)48-20-10-14-36-68(48)79)64-34-18-32-62-72-53-25-3-7-29-57(53)76(78(62)64)58-30-8-4-26-54(58)72/h1-44,71-72,75-76H. The summed E-state index contributed by atoms with van der Waals surface area (Å²) in [7, 11) is 0. The van der Waals surface area contributed by atoms with Crippen molar-refractivity contribution in [3.8, 4) is 33.6 Å². The maximum Gasteiger partial charge on any atom is 0.0541 e. The van der Waals surface area contributed by atoms with Crippen LogP contribution in [0.5, 0.6) is 0 Å². The Morgan fingerprint density at radius 1 is 0.200 bits per heavy atom. The van der Waals surface area contributed by atoms with Crippen LogP contribution in [0, 0.1) is 0 Å². The summed E-state index contributed by atoms with van der Waals surface area (Å²) in [5.74, 6) is 0.452. The molecule has 0 saturated carbocycles. The summed E-state index contributed by atoms with van der Waals surface area (Å²) in [6.45, 7) is 0. The predicted molar refractivity (Wildman–Crippen MR) is 331 cm³/mol. The topological polar surface area (TPSA) is 9.86 Å². The van der Waals surface area contributed by atoms with E-state index in [1.807, 2.05) is 0 Å². The van der Waals surface area contributed by atoms with Crippen LogP contribution in [0.25, 0.3) is 98.8 Å². The number of hydrogen-bond acceptors (Lipinski definition) is 0.